The Labute approximate surface area is 196 Å². The third kappa shape index (κ3) is 4.59. The average Bonchev–Trinajstić information content (AvgIpc) is 3.05. The number of carbonyl (C=O) groups is 2. The van der Waals surface area contributed by atoms with Crippen LogP contribution < -0.4 is 20.5 Å². The van der Waals surface area contributed by atoms with Crippen LogP contribution in [0.15, 0.2) is 30.5 Å². The van der Waals surface area contributed by atoms with Crippen molar-refractivity contribution in [2.75, 3.05) is 11.9 Å². The van der Waals surface area contributed by atoms with Crippen LogP contribution in [-0.2, 0) is 9.53 Å². The van der Waals surface area contributed by atoms with Gasteiger partial charge in [0.05, 0.1) is 12.3 Å². The van der Waals surface area contributed by atoms with Crippen LogP contribution in [0.5, 0.6) is 5.75 Å². The smallest absolute Gasteiger partial charge is 0.417 e. The van der Waals surface area contributed by atoms with Gasteiger partial charge < -0.3 is 25.7 Å². The summed E-state index contributed by atoms with van der Waals surface area (Å²) in [4.78, 5) is 24.5. The maximum atomic E-state index is 14.5. The van der Waals surface area contributed by atoms with Gasteiger partial charge in [0, 0.05) is 29.5 Å². The van der Waals surface area contributed by atoms with Crippen LogP contribution >= 0.6 is 0 Å². The number of rotatable bonds is 6. The fraction of sp³-hybridized carbons (Fsp3) is 0.409. The molecule has 0 bridgehead atoms. The maximum absolute atomic E-state index is 14.5. The molecule has 0 aliphatic carbocycles. The van der Waals surface area contributed by atoms with Crippen molar-refractivity contribution in [1.82, 2.24) is 0 Å². The molecule has 2 amide bonds. The summed E-state index contributed by atoms with van der Waals surface area (Å²) in [7, 11) is 0. The summed E-state index contributed by atoms with van der Waals surface area (Å²) in [5.74, 6) is -8.36. The van der Waals surface area contributed by atoms with Gasteiger partial charge in [-0.15, -0.1) is 0 Å². The van der Waals surface area contributed by atoms with Gasteiger partial charge in [-0.3, -0.25) is 9.59 Å². The Bertz CT molecular complexity index is 1160. The van der Waals surface area contributed by atoms with Crippen molar-refractivity contribution in [1.29, 1.82) is 0 Å². The number of benzene rings is 1. The zero-order valence-electron chi connectivity index (χ0n) is 18.8. The molecule has 190 valence electrons. The minimum absolute atomic E-state index is 0.123. The number of hydrogen-bond acceptors (Lipinski definition) is 5. The molecule has 0 saturated carbocycles. The molecule has 13 heteroatoms. The number of hydrogen-bond donors (Lipinski definition) is 2. The lowest BCUT2D eigenvalue weighted by atomic mass is 9.77. The van der Waals surface area contributed by atoms with Gasteiger partial charge in [0.1, 0.15) is 6.10 Å². The predicted octanol–water partition coefficient (Wildman–Crippen LogP) is 3.17. The molecule has 1 aromatic heterocycles. The van der Waals surface area contributed by atoms with Crippen molar-refractivity contribution >= 4 is 17.5 Å². The van der Waals surface area contributed by atoms with E-state index >= 15 is 0 Å². The van der Waals surface area contributed by atoms with Crippen LogP contribution in [0.1, 0.15) is 42.7 Å². The van der Waals surface area contributed by atoms with Crippen molar-refractivity contribution in [2.24, 2.45) is 11.7 Å². The van der Waals surface area contributed by atoms with Crippen molar-refractivity contribution in [2.45, 2.75) is 44.6 Å². The van der Waals surface area contributed by atoms with E-state index in [-0.39, 0.29) is 22.6 Å². The van der Waals surface area contributed by atoms with Crippen molar-refractivity contribution in [3.8, 4) is 5.75 Å². The zero-order valence-corrected chi connectivity index (χ0v) is 18.8. The van der Waals surface area contributed by atoms with Crippen LogP contribution in [-0.4, -0.2) is 36.3 Å². The lowest BCUT2D eigenvalue weighted by molar-refractivity contribution is -0.607. The van der Waals surface area contributed by atoms with E-state index in [0.29, 0.717) is 0 Å². The number of alkyl halides is 3. The lowest BCUT2D eigenvalue weighted by Crippen LogP contribution is -2.47. The number of halogens is 5. The number of ether oxygens (including phenoxy) is 2. The fourth-order valence-corrected chi connectivity index (χ4v) is 4.08. The van der Waals surface area contributed by atoms with Crippen LogP contribution in [0, 0.1) is 22.8 Å². The normalized spacial score (nSPS) is 24.3. The highest BCUT2D eigenvalue weighted by atomic mass is 19.4. The molecular formula is C22H22F5N3O5. The van der Waals surface area contributed by atoms with Crippen LogP contribution in [0.25, 0.3) is 0 Å². The second kappa shape index (κ2) is 9.29. The Hall–Kier alpha value is -3.48. The standard InChI is InChI=1S/C22H22F5N3O5/c1-4-34-17-12(5-6-13(23)16(17)24)15-10(2)21(3,22(25,26)27)35-18(15)20(32)29-11-7-8-30(33)14(9-11)19(28)31/h5-10,15,18H,4H2,1-3H3,(H2,28,31)(H,29,32)/t10-,15+,18+,21+/m0/s1. The quantitative estimate of drug-likeness (QED) is 0.357. The second-order valence-corrected chi connectivity index (χ2v) is 8.15. The SMILES string of the molecule is CCOc1c([C@@H]2[C@H](C(=O)Nc3cc[n+]([O-])c(C(N)=O)c3)O[C@@](C)(C(F)(F)F)[C@H]2C)ccc(F)c1F. The van der Waals surface area contributed by atoms with Crippen LogP contribution in [0.4, 0.5) is 27.6 Å². The van der Waals surface area contributed by atoms with Gasteiger partial charge in [-0.05, 0) is 19.9 Å². The molecule has 2 heterocycles. The van der Waals surface area contributed by atoms with Gasteiger partial charge in [-0.1, -0.05) is 13.0 Å². The van der Waals surface area contributed by atoms with E-state index in [9.17, 15) is 36.7 Å². The molecule has 2 aromatic rings. The molecule has 4 atom stereocenters. The topological polar surface area (TPSA) is 118 Å². The van der Waals surface area contributed by atoms with E-state index in [1.54, 1.807) is 0 Å². The monoisotopic (exact) mass is 503 g/mol. The number of anilines is 1. The molecular weight excluding hydrogens is 481 g/mol. The molecule has 35 heavy (non-hydrogen) atoms. The first-order valence-corrected chi connectivity index (χ1v) is 10.4. The summed E-state index contributed by atoms with van der Waals surface area (Å²) in [5, 5.41) is 14.0. The minimum Gasteiger partial charge on any atom is -0.618 e. The van der Waals surface area contributed by atoms with Gasteiger partial charge in [-0.2, -0.15) is 22.3 Å². The van der Waals surface area contributed by atoms with Gasteiger partial charge in [0.2, 0.25) is 5.82 Å². The second-order valence-electron chi connectivity index (χ2n) is 8.15. The van der Waals surface area contributed by atoms with Crippen LogP contribution in [0.2, 0.25) is 0 Å². The molecule has 3 rings (SSSR count). The van der Waals surface area contributed by atoms with E-state index in [1.807, 2.05) is 0 Å². The lowest BCUT2D eigenvalue weighted by Gasteiger charge is -2.32. The molecule has 0 spiro atoms. The number of primary amides is 1. The predicted molar refractivity (Wildman–Crippen MR) is 111 cm³/mol. The van der Waals surface area contributed by atoms with Crippen molar-refractivity contribution < 1.29 is 45.7 Å². The molecule has 1 aliphatic rings. The largest absolute Gasteiger partial charge is 0.618 e. The van der Waals surface area contributed by atoms with E-state index in [0.717, 1.165) is 37.4 Å². The fourth-order valence-electron chi connectivity index (χ4n) is 4.08. The highest BCUT2D eigenvalue weighted by Crippen LogP contribution is 2.55. The summed E-state index contributed by atoms with van der Waals surface area (Å²) >= 11 is 0. The van der Waals surface area contributed by atoms with Gasteiger partial charge in [0.15, 0.2) is 23.4 Å². The maximum Gasteiger partial charge on any atom is 0.417 e. The van der Waals surface area contributed by atoms with Gasteiger partial charge in [-0.25, -0.2) is 4.39 Å². The van der Waals surface area contributed by atoms with Gasteiger partial charge in [0.25, 0.3) is 11.6 Å². The zero-order chi connectivity index (χ0) is 26.3. The highest BCUT2D eigenvalue weighted by molar-refractivity contribution is 5.97. The number of pyridine rings is 1. The molecule has 3 N–H and O–H groups in total. The van der Waals surface area contributed by atoms with Crippen LogP contribution in [0.3, 0.4) is 0 Å². The molecule has 1 saturated heterocycles. The van der Waals surface area contributed by atoms with E-state index in [4.69, 9.17) is 15.2 Å². The Kier molecular flexibility index (Phi) is 6.93. The summed E-state index contributed by atoms with van der Waals surface area (Å²) in [6, 6.07) is 3.80. The molecule has 0 radical (unpaired) electrons. The number of nitrogens with one attached hydrogen (secondary N) is 1. The molecule has 8 nitrogen and oxygen atoms in total. The molecule has 1 aromatic carbocycles. The average molecular weight is 503 g/mol. The summed E-state index contributed by atoms with van der Waals surface area (Å²) in [6.45, 7) is 3.28. The highest BCUT2D eigenvalue weighted by Gasteiger charge is 2.66. The summed E-state index contributed by atoms with van der Waals surface area (Å²) in [6.07, 6.45) is -5.89. The van der Waals surface area contributed by atoms with Crippen molar-refractivity contribution in [3.63, 3.8) is 0 Å². The first kappa shape index (κ1) is 26.1. The first-order valence-electron chi connectivity index (χ1n) is 10.4. The Morgan fingerprint density at radius 3 is 2.51 bits per heavy atom. The Balaban J connectivity index is 2.09. The Morgan fingerprint density at radius 1 is 1.29 bits per heavy atom. The third-order valence-corrected chi connectivity index (χ3v) is 6.09. The number of nitrogens with two attached hydrogens (primary N) is 1. The molecule has 1 fully saturated rings. The van der Waals surface area contributed by atoms with E-state index in [1.165, 1.54) is 13.8 Å². The van der Waals surface area contributed by atoms with E-state index < -0.39 is 64.6 Å². The summed E-state index contributed by atoms with van der Waals surface area (Å²) < 4.78 is 81.1. The number of nitrogens with zero attached hydrogens (tertiary/aromatic N) is 1. The number of carbonyl (C=O) groups excluding carboxylic acids is 2. The Morgan fingerprint density at radius 2 is 1.94 bits per heavy atom. The number of aromatic nitrogens is 1. The minimum atomic E-state index is -4.93. The molecule has 0 unspecified atom stereocenters. The molecule has 1 aliphatic heterocycles. The first-order chi connectivity index (χ1) is 16.2. The van der Waals surface area contributed by atoms with Crippen molar-refractivity contribution in [3.05, 3.63) is 58.6 Å². The van der Waals surface area contributed by atoms with Gasteiger partial charge >= 0.3 is 12.1 Å². The summed E-state index contributed by atoms with van der Waals surface area (Å²) in [5.41, 5.74) is 1.44. The number of amides is 2. The third-order valence-electron chi connectivity index (χ3n) is 6.09. The van der Waals surface area contributed by atoms with E-state index in [2.05, 4.69) is 5.32 Å².